The maximum atomic E-state index is 13.1. The van der Waals surface area contributed by atoms with E-state index in [1.807, 2.05) is 6.92 Å². The van der Waals surface area contributed by atoms with Crippen LogP contribution in [0.4, 0.5) is 15.8 Å². The smallest absolute Gasteiger partial charge is 0.279 e. The van der Waals surface area contributed by atoms with Crippen LogP contribution in [0.25, 0.3) is 0 Å². The molecule has 0 aromatic heterocycles. The summed E-state index contributed by atoms with van der Waals surface area (Å²) in [5.41, 5.74) is 2.09. The Balaban J connectivity index is 1.53. The molecule has 2 aromatic rings. The van der Waals surface area contributed by atoms with E-state index in [9.17, 15) is 18.8 Å². The second kappa shape index (κ2) is 9.12. The molecule has 0 spiro atoms. The number of benzene rings is 2. The van der Waals surface area contributed by atoms with Gasteiger partial charge in [-0.2, -0.15) is 0 Å². The lowest BCUT2D eigenvalue weighted by Crippen LogP contribution is -2.42. The molecule has 6 nitrogen and oxygen atoms in total. The van der Waals surface area contributed by atoms with Gasteiger partial charge < -0.3 is 10.6 Å². The molecular weight excluding hydrogens is 433 g/mol. The van der Waals surface area contributed by atoms with E-state index >= 15 is 0 Å². The van der Waals surface area contributed by atoms with Gasteiger partial charge in [-0.3, -0.25) is 19.3 Å². The summed E-state index contributed by atoms with van der Waals surface area (Å²) in [7, 11) is 0. The molecule has 2 aromatic carbocycles. The summed E-state index contributed by atoms with van der Waals surface area (Å²) < 4.78 is 13.1. The van der Waals surface area contributed by atoms with Gasteiger partial charge in [0.2, 0.25) is 0 Å². The van der Waals surface area contributed by atoms with Crippen LogP contribution < -0.4 is 10.6 Å². The number of carbonyl (C=O) groups excluding carboxylic acids is 3. The summed E-state index contributed by atoms with van der Waals surface area (Å²) in [6, 6.07) is 10.3. The van der Waals surface area contributed by atoms with E-state index in [-0.39, 0.29) is 16.8 Å². The lowest BCUT2D eigenvalue weighted by molar-refractivity contribution is -0.140. The number of hydrogen-bond acceptors (Lipinski definition) is 4. The van der Waals surface area contributed by atoms with Crippen molar-refractivity contribution in [2.75, 3.05) is 10.6 Å². The van der Waals surface area contributed by atoms with Gasteiger partial charge in [0.05, 0.1) is 0 Å². The third kappa shape index (κ3) is 4.39. The van der Waals surface area contributed by atoms with Gasteiger partial charge in [-0.25, -0.2) is 4.39 Å². The molecule has 32 heavy (non-hydrogen) atoms. The average molecular weight is 456 g/mol. The van der Waals surface area contributed by atoms with Crippen molar-refractivity contribution in [3.8, 4) is 0 Å². The second-order valence-electron chi connectivity index (χ2n) is 8.08. The van der Waals surface area contributed by atoms with Crippen LogP contribution in [0.2, 0.25) is 0 Å². The topological polar surface area (TPSA) is 78.5 Å². The number of imide groups is 1. The number of rotatable bonds is 5. The van der Waals surface area contributed by atoms with Gasteiger partial charge in [0, 0.05) is 23.0 Å². The minimum absolute atomic E-state index is 0.0291. The molecule has 0 atom stereocenters. The summed E-state index contributed by atoms with van der Waals surface area (Å²) in [5.74, 6) is -1.70. The van der Waals surface area contributed by atoms with Crippen LogP contribution in [-0.2, 0) is 9.59 Å². The zero-order valence-electron chi connectivity index (χ0n) is 17.6. The van der Waals surface area contributed by atoms with Crippen LogP contribution in [0, 0.1) is 12.7 Å². The SMILES string of the molecule is Cc1ccc(C(=O)Nc2ccc(F)cc2)cc1NC1=C(Cl)C(=O)N(C2CCCCC2)C1=O. The Labute approximate surface area is 190 Å². The number of amides is 3. The van der Waals surface area contributed by atoms with Crippen LogP contribution in [0.5, 0.6) is 0 Å². The monoisotopic (exact) mass is 455 g/mol. The third-order valence-corrected chi connectivity index (χ3v) is 6.21. The standard InChI is InChI=1S/C24H23ClFN3O3/c1-14-7-8-15(22(30)27-17-11-9-16(26)10-12-17)13-19(14)28-21-20(25)23(31)29(24(21)32)18-5-3-2-4-6-18/h7-13,18,28H,2-6H2,1H3,(H,27,30). The highest BCUT2D eigenvalue weighted by Crippen LogP contribution is 2.33. The third-order valence-electron chi connectivity index (χ3n) is 5.86. The summed E-state index contributed by atoms with van der Waals surface area (Å²) in [5, 5.41) is 5.54. The molecule has 1 heterocycles. The number of carbonyl (C=O) groups is 3. The zero-order valence-corrected chi connectivity index (χ0v) is 18.3. The summed E-state index contributed by atoms with van der Waals surface area (Å²) in [6.07, 6.45) is 4.63. The summed E-state index contributed by atoms with van der Waals surface area (Å²) in [4.78, 5) is 39.6. The van der Waals surface area contributed by atoms with Gasteiger partial charge in [0.1, 0.15) is 16.5 Å². The van der Waals surface area contributed by atoms with Gasteiger partial charge in [0.15, 0.2) is 0 Å². The van der Waals surface area contributed by atoms with Gasteiger partial charge in [-0.05, 0) is 61.7 Å². The summed E-state index contributed by atoms with van der Waals surface area (Å²) >= 11 is 6.26. The molecule has 2 aliphatic rings. The highest BCUT2D eigenvalue weighted by atomic mass is 35.5. The molecule has 0 bridgehead atoms. The highest BCUT2D eigenvalue weighted by molar-refractivity contribution is 6.48. The average Bonchev–Trinajstić information content (AvgIpc) is 3.00. The molecule has 8 heteroatoms. The van der Waals surface area contributed by atoms with E-state index in [1.54, 1.807) is 18.2 Å². The molecule has 0 unspecified atom stereocenters. The van der Waals surface area contributed by atoms with Crippen molar-refractivity contribution in [3.63, 3.8) is 0 Å². The summed E-state index contributed by atoms with van der Waals surface area (Å²) in [6.45, 7) is 1.82. The number of nitrogens with one attached hydrogen (secondary N) is 2. The fourth-order valence-corrected chi connectivity index (χ4v) is 4.29. The van der Waals surface area contributed by atoms with Crippen molar-refractivity contribution in [2.45, 2.75) is 45.1 Å². The largest absolute Gasteiger partial charge is 0.349 e. The van der Waals surface area contributed by atoms with Crippen LogP contribution in [0.3, 0.4) is 0 Å². The van der Waals surface area contributed by atoms with Crippen molar-refractivity contribution in [2.24, 2.45) is 0 Å². The molecule has 4 rings (SSSR count). The molecule has 2 N–H and O–H groups in total. The molecule has 1 fully saturated rings. The molecule has 1 aliphatic carbocycles. The van der Waals surface area contributed by atoms with Crippen molar-refractivity contribution in [1.29, 1.82) is 0 Å². The van der Waals surface area contributed by atoms with E-state index in [0.29, 0.717) is 16.9 Å². The second-order valence-corrected chi connectivity index (χ2v) is 8.45. The first-order valence-electron chi connectivity index (χ1n) is 10.6. The Bertz CT molecular complexity index is 1110. The minimum Gasteiger partial charge on any atom is -0.349 e. The van der Waals surface area contributed by atoms with Crippen molar-refractivity contribution in [1.82, 2.24) is 4.90 Å². The van der Waals surface area contributed by atoms with Crippen LogP contribution in [0.1, 0.15) is 48.0 Å². The fourth-order valence-electron chi connectivity index (χ4n) is 4.07. The molecular formula is C24H23ClFN3O3. The maximum absolute atomic E-state index is 13.1. The van der Waals surface area contributed by atoms with Gasteiger partial charge >= 0.3 is 0 Å². The number of nitrogens with zero attached hydrogens (tertiary/aromatic N) is 1. The number of aryl methyl sites for hydroxylation is 1. The molecule has 3 amide bonds. The first-order chi connectivity index (χ1) is 15.3. The number of hydrogen-bond donors (Lipinski definition) is 2. The Morgan fingerprint density at radius 1 is 1.03 bits per heavy atom. The lowest BCUT2D eigenvalue weighted by Gasteiger charge is -2.29. The molecule has 0 radical (unpaired) electrons. The highest BCUT2D eigenvalue weighted by Gasteiger charge is 2.42. The predicted octanol–water partition coefficient (Wildman–Crippen LogP) is 4.95. The van der Waals surface area contributed by atoms with Gasteiger partial charge in [-0.1, -0.05) is 36.9 Å². The first kappa shape index (κ1) is 22.0. The number of halogens is 2. The van der Waals surface area contributed by atoms with E-state index in [1.165, 1.54) is 29.2 Å². The minimum atomic E-state index is -0.478. The fraction of sp³-hybridized carbons (Fsp3) is 0.292. The molecule has 166 valence electrons. The van der Waals surface area contributed by atoms with E-state index < -0.39 is 23.5 Å². The zero-order chi connectivity index (χ0) is 22.8. The van der Waals surface area contributed by atoms with E-state index in [4.69, 9.17) is 11.6 Å². The maximum Gasteiger partial charge on any atom is 0.279 e. The Morgan fingerprint density at radius 3 is 2.41 bits per heavy atom. The Morgan fingerprint density at radius 2 is 1.72 bits per heavy atom. The lowest BCUT2D eigenvalue weighted by atomic mass is 9.94. The Kier molecular flexibility index (Phi) is 6.28. The van der Waals surface area contributed by atoms with Crippen LogP contribution in [-0.4, -0.2) is 28.7 Å². The molecule has 1 aliphatic heterocycles. The number of anilines is 2. The van der Waals surface area contributed by atoms with Crippen LogP contribution in [0.15, 0.2) is 53.2 Å². The van der Waals surface area contributed by atoms with Gasteiger partial charge in [0.25, 0.3) is 17.7 Å². The predicted molar refractivity (Wildman–Crippen MR) is 121 cm³/mol. The van der Waals surface area contributed by atoms with E-state index in [2.05, 4.69) is 10.6 Å². The van der Waals surface area contributed by atoms with Crippen molar-refractivity contribution >= 4 is 40.7 Å². The van der Waals surface area contributed by atoms with E-state index in [0.717, 1.165) is 37.7 Å². The van der Waals surface area contributed by atoms with Gasteiger partial charge in [-0.15, -0.1) is 0 Å². The Hall–Kier alpha value is -3.19. The first-order valence-corrected chi connectivity index (χ1v) is 10.9. The van der Waals surface area contributed by atoms with Crippen molar-refractivity contribution in [3.05, 3.63) is 70.1 Å². The molecule has 1 saturated carbocycles. The molecule has 0 saturated heterocycles. The van der Waals surface area contributed by atoms with Crippen LogP contribution >= 0.6 is 11.6 Å². The van der Waals surface area contributed by atoms with Crippen molar-refractivity contribution < 1.29 is 18.8 Å². The normalized spacial score (nSPS) is 17.2. The quantitative estimate of drug-likeness (QED) is 0.625.